The number of carbonyl (C=O) groups excluding carboxylic acids is 2. The van der Waals surface area contributed by atoms with Crippen LogP contribution in [0.3, 0.4) is 0 Å². The van der Waals surface area contributed by atoms with E-state index in [9.17, 15) is 9.59 Å². The van der Waals surface area contributed by atoms with Crippen LogP contribution in [-0.4, -0.2) is 34.2 Å². The summed E-state index contributed by atoms with van der Waals surface area (Å²) >= 11 is 3.32. The number of para-hydroxylation sites is 1. The Kier molecular flexibility index (Phi) is 6.44. The van der Waals surface area contributed by atoms with Crippen molar-refractivity contribution in [2.24, 2.45) is 11.0 Å². The summed E-state index contributed by atoms with van der Waals surface area (Å²) in [7, 11) is 0. The highest BCUT2D eigenvalue weighted by Crippen LogP contribution is 2.45. The van der Waals surface area contributed by atoms with E-state index in [1.807, 2.05) is 48.7 Å². The Morgan fingerprint density at radius 1 is 1.11 bits per heavy atom. The Balaban J connectivity index is 1.27. The lowest BCUT2D eigenvalue weighted by Crippen LogP contribution is -2.34. The number of hydrazone groups is 1. The van der Waals surface area contributed by atoms with Crippen LogP contribution in [-0.2, 0) is 9.53 Å². The zero-order chi connectivity index (χ0) is 25.4. The van der Waals surface area contributed by atoms with E-state index in [1.165, 1.54) is 10.5 Å². The van der Waals surface area contributed by atoms with Gasteiger partial charge in [-0.05, 0) is 72.9 Å². The number of esters is 1. The van der Waals surface area contributed by atoms with Crippen molar-refractivity contribution in [2.75, 3.05) is 6.61 Å². The molecule has 6 rings (SSSR count). The van der Waals surface area contributed by atoms with Gasteiger partial charge in [0.25, 0.3) is 5.91 Å². The number of pyridine rings is 1. The summed E-state index contributed by atoms with van der Waals surface area (Å²) in [6.45, 7) is 1.47. The van der Waals surface area contributed by atoms with E-state index in [4.69, 9.17) is 9.84 Å². The molecular weight excluding hydrogens is 502 g/mol. The number of benzene rings is 1. The molecule has 1 fully saturated rings. The first kappa shape index (κ1) is 23.8. The summed E-state index contributed by atoms with van der Waals surface area (Å²) in [6, 6.07) is 17.2. The monoisotopic (exact) mass is 527 g/mol. The predicted octanol–water partition coefficient (Wildman–Crippen LogP) is 6.65. The summed E-state index contributed by atoms with van der Waals surface area (Å²) < 4.78 is 5.56. The van der Waals surface area contributed by atoms with E-state index in [-0.39, 0.29) is 24.5 Å². The molecule has 1 aliphatic carbocycles. The number of allylic oxidation sites excluding steroid dienone is 1. The molecule has 2 unspecified atom stereocenters. The number of hydrogen-bond donors (Lipinski definition) is 0. The van der Waals surface area contributed by atoms with Crippen molar-refractivity contribution in [2.45, 2.75) is 32.2 Å². The second-order valence-electron chi connectivity index (χ2n) is 9.27. The number of aryl methyl sites for hydroxylation is 1. The van der Waals surface area contributed by atoms with Gasteiger partial charge in [0, 0.05) is 26.8 Å². The lowest BCUT2D eigenvalue weighted by atomic mass is 9.79. The molecule has 0 N–H and O–H groups in total. The summed E-state index contributed by atoms with van der Waals surface area (Å²) in [5.74, 6) is -0.727. The Morgan fingerprint density at radius 3 is 2.76 bits per heavy atom. The average Bonchev–Trinajstić information content (AvgIpc) is 3.68. The third-order valence-electron chi connectivity index (χ3n) is 6.84. The fourth-order valence-electron chi connectivity index (χ4n) is 5.24. The molecule has 3 aromatic heterocycles. The SMILES string of the molecule is Cc1cc(C(=O)OCC(=O)N2N=C3/C(=C\c4cccs4)CCCC3C2c2cccs2)c2ccccc2n1. The lowest BCUT2D eigenvalue weighted by Gasteiger charge is -2.28. The molecular formula is C29H25N3O3S2. The summed E-state index contributed by atoms with van der Waals surface area (Å²) in [5.41, 5.74) is 4.02. The van der Waals surface area contributed by atoms with Crippen LogP contribution >= 0.6 is 22.7 Å². The van der Waals surface area contributed by atoms with Crippen molar-refractivity contribution in [1.82, 2.24) is 9.99 Å². The minimum Gasteiger partial charge on any atom is -0.452 e. The van der Waals surface area contributed by atoms with Gasteiger partial charge in [-0.15, -0.1) is 22.7 Å². The Bertz CT molecular complexity index is 1520. The number of rotatable bonds is 5. The Hall–Kier alpha value is -3.62. The van der Waals surface area contributed by atoms with Crippen LogP contribution in [0.5, 0.6) is 0 Å². The molecule has 0 spiro atoms. The smallest absolute Gasteiger partial charge is 0.339 e. The zero-order valence-corrected chi connectivity index (χ0v) is 21.9. The van der Waals surface area contributed by atoms with Crippen molar-refractivity contribution in [3.63, 3.8) is 0 Å². The van der Waals surface area contributed by atoms with Gasteiger partial charge >= 0.3 is 5.97 Å². The van der Waals surface area contributed by atoms with Crippen molar-refractivity contribution in [3.8, 4) is 0 Å². The number of fused-ring (bicyclic) bond motifs is 2. The van der Waals surface area contributed by atoms with Crippen LogP contribution < -0.4 is 0 Å². The zero-order valence-electron chi connectivity index (χ0n) is 20.3. The molecule has 2 aliphatic rings. The van der Waals surface area contributed by atoms with Crippen LogP contribution in [0, 0.1) is 12.8 Å². The highest BCUT2D eigenvalue weighted by molar-refractivity contribution is 7.11. The quantitative estimate of drug-likeness (QED) is 0.273. The number of amides is 1. The van der Waals surface area contributed by atoms with E-state index >= 15 is 0 Å². The third kappa shape index (κ3) is 4.63. The van der Waals surface area contributed by atoms with Crippen LogP contribution in [0.4, 0.5) is 0 Å². The molecule has 1 saturated carbocycles. The van der Waals surface area contributed by atoms with E-state index in [0.29, 0.717) is 10.9 Å². The Morgan fingerprint density at radius 2 is 1.95 bits per heavy atom. The molecule has 37 heavy (non-hydrogen) atoms. The normalized spacial score (nSPS) is 20.2. The number of hydrogen-bond acceptors (Lipinski definition) is 7. The third-order valence-corrected chi connectivity index (χ3v) is 8.60. The number of nitrogens with zero attached hydrogens (tertiary/aromatic N) is 3. The van der Waals surface area contributed by atoms with E-state index in [0.717, 1.165) is 41.1 Å². The summed E-state index contributed by atoms with van der Waals surface area (Å²) in [5, 5.41) is 11.2. The van der Waals surface area contributed by atoms with E-state index in [2.05, 4.69) is 28.6 Å². The van der Waals surface area contributed by atoms with Gasteiger partial charge in [0.15, 0.2) is 6.61 Å². The average molecular weight is 528 g/mol. The molecule has 4 heterocycles. The van der Waals surface area contributed by atoms with Crippen molar-refractivity contribution in [3.05, 3.63) is 91.9 Å². The van der Waals surface area contributed by atoms with E-state index in [1.54, 1.807) is 33.7 Å². The van der Waals surface area contributed by atoms with Gasteiger partial charge in [0.1, 0.15) is 0 Å². The Labute approximate surface area is 222 Å². The van der Waals surface area contributed by atoms with Crippen molar-refractivity contribution < 1.29 is 14.3 Å². The maximum Gasteiger partial charge on any atom is 0.339 e. The van der Waals surface area contributed by atoms with Gasteiger partial charge < -0.3 is 4.74 Å². The van der Waals surface area contributed by atoms with Gasteiger partial charge in [-0.2, -0.15) is 5.10 Å². The minimum atomic E-state index is -0.537. The van der Waals surface area contributed by atoms with Gasteiger partial charge in [0.2, 0.25) is 0 Å². The standard InChI is InChI=1S/C29H25N3O3S2/c1-18-15-23(21-9-2-3-11-24(21)30-18)29(34)35-17-26(33)32-28(25-12-6-14-37-25)22-10-4-7-19(27(22)31-32)16-20-8-5-13-36-20/h2-3,5-6,8-9,11-16,22,28H,4,7,10,17H2,1H3/b19-16-. The van der Waals surface area contributed by atoms with Crippen LogP contribution in [0.25, 0.3) is 17.0 Å². The highest BCUT2D eigenvalue weighted by atomic mass is 32.1. The molecule has 0 radical (unpaired) electrons. The molecule has 1 amide bonds. The molecule has 4 aromatic rings. The van der Waals surface area contributed by atoms with Gasteiger partial charge in [0.05, 0.1) is 22.8 Å². The predicted molar refractivity (Wildman–Crippen MR) is 148 cm³/mol. The van der Waals surface area contributed by atoms with Gasteiger partial charge in [-0.1, -0.05) is 30.3 Å². The maximum absolute atomic E-state index is 13.5. The first-order valence-electron chi connectivity index (χ1n) is 12.3. The number of ether oxygens (including phenoxy) is 1. The molecule has 1 aliphatic heterocycles. The summed E-state index contributed by atoms with van der Waals surface area (Å²) in [6.07, 6.45) is 5.16. The highest BCUT2D eigenvalue weighted by Gasteiger charge is 2.44. The van der Waals surface area contributed by atoms with Crippen molar-refractivity contribution >= 4 is 57.2 Å². The van der Waals surface area contributed by atoms with Crippen molar-refractivity contribution in [1.29, 1.82) is 0 Å². The fraction of sp³-hybridized carbons (Fsp3) is 0.241. The second-order valence-corrected chi connectivity index (χ2v) is 11.2. The molecule has 0 bridgehead atoms. The van der Waals surface area contributed by atoms with Crippen LogP contribution in [0.15, 0.2) is 76.0 Å². The maximum atomic E-state index is 13.5. The topological polar surface area (TPSA) is 71.9 Å². The number of carbonyl (C=O) groups is 2. The van der Waals surface area contributed by atoms with Gasteiger partial charge in [-0.3, -0.25) is 9.78 Å². The van der Waals surface area contributed by atoms with E-state index < -0.39 is 5.97 Å². The lowest BCUT2D eigenvalue weighted by molar-refractivity contribution is -0.136. The molecule has 1 aromatic carbocycles. The molecule has 6 nitrogen and oxygen atoms in total. The minimum absolute atomic E-state index is 0.130. The number of aromatic nitrogens is 1. The molecule has 186 valence electrons. The van der Waals surface area contributed by atoms with Crippen LogP contribution in [0.2, 0.25) is 0 Å². The molecule has 8 heteroatoms. The second kappa shape index (κ2) is 10.0. The fourth-order valence-corrected chi connectivity index (χ4v) is 6.79. The van der Waals surface area contributed by atoms with Crippen LogP contribution in [0.1, 0.15) is 51.1 Å². The summed E-state index contributed by atoms with van der Waals surface area (Å²) in [4.78, 5) is 33.3. The molecule has 0 saturated heterocycles. The van der Waals surface area contributed by atoms with Gasteiger partial charge in [-0.25, -0.2) is 9.80 Å². The largest absolute Gasteiger partial charge is 0.452 e. The molecule has 2 atom stereocenters. The first-order valence-corrected chi connectivity index (χ1v) is 14.1. The first-order chi connectivity index (χ1) is 18.1. The number of thiophene rings is 2.